The fourth-order valence-corrected chi connectivity index (χ4v) is 3.62. The maximum absolute atomic E-state index is 12.6. The average molecular weight is 387 g/mol. The van der Waals surface area contributed by atoms with Crippen molar-refractivity contribution in [1.29, 1.82) is 0 Å². The summed E-state index contributed by atoms with van der Waals surface area (Å²) in [5.41, 5.74) is 2.20. The number of hydrogen-bond donors (Lipinski definition) is 0. The van der Waals surface area contributed by atoms with Crippen molar-refractivity contribution in [2.45, 2.75) is 31.7 Å². The molecule has 28 heavy (non-hydrogen) atoms. The first-order valence-electron chi connectivity index (χ1n) is 9.17. The van der Waals surface area contributed by atoms with E-state index in [4.69, 9.17) is 9.47 Å². The van der Waals surface area contributed by atoms with Crippen LogP contribution in [0.5, 0.6) is 0 Å². The third kappa shape index (κ3) is 3.95. The van der Waals surface area contributed by atoms with Crippen LogP contribution in [0.15, 0.2) is 36.9 Å². The van der Waals surface area contributed by atoms with Gasteiger partial charge in [-0.2, -0.15) is 0 Å². The Bertz CT molecular complexity index is 756. The van der Waals surface area contributed by atoms with Crippen molar-refractivity contribution < 1.29 is 23.9 Å². The summed E-state index contributed by atoms with van der Waals surface area (Å²) >= 11 is 0. The second-order valence-corrected chi connectivity index (χ2v) is 7.01. The quantitative estimate of drug-likeness (QED) is 0.583. The first-order chi connectivity index (χ1) is 13.4. The van der Waals surface area contributed by atoms with Gasteiger partial charge in [-0.3, -0.25) is 4.90 Å². The van der Waals surface area contributed by atoms with Crippen molar-refractivity contribution in [3.8, 4) is 0 Å². The molecule has 2 atom stereocenters. The normalized spacial score (nSPS) is 20.5. The third-order valence-corrected chi connectivity index (χ3v) is 5.08. The number of fused-ring (bicyclic) bond motifs is 1. The Morgan fingerprint density at radius 2 is 1.89 bits per heavy atom. The summed E-state index contributed by atoms with van der Waals surface area (Å²) in [7, 11) is 2.90. The molecule has 0 aromatic heterocycles. The number of likely N-dealkylation sites (N-methyl/N-ethyl adjacent to an activating group) is 1. The monoisotopic (exact) mass is 387 g/mol. The van der Waals surface area contributed by atoms with E-state index in [0.717, 1.165) is 11.1 Å². The number of amides is 3. The first kappa shape index (κ1) is 19.7. The van der Waals surface area contributed by atoms with Crippen molar-refractivity contribution in [3.05, 3.63) is 48.0 Å². The molecule has 0 radical (unpaired) electrons. The number of urea groups is 1. The van der Waals surface area contributed by atoms with E-state index in [-0.39, 0.29) is 19.0 Å². The summed E-state index contributed by atoms with van der Waals surface area (Å²) in [5.74, 6) is -0.521. The molecule has 0 bridgehead atoms. The number of ether oxygens (including phenoxy) is 2. The predicted molar refractivity (Wildman–Crippen MR) is 101 cm³/mol. The Kier molecular flexibility index (Phi) is 5.87. The Hall–Kier alpha value is -3.03. The van der Waals surface area contributed by atoms with Crippen molar-refractivity contribution >= 4 is 18.1 Å². The van der Waals surface area contributed by atoms with Gasteiger partial charge in [-0.15, -0.1) is 6.58 Å². The molecule has 2 aliphatic heterocycles. The molecule has 3 amide bonds. The summed E-state index contributed by atoms with van der Waals surface area (Å²) in [6.45, 7) is 5.09. The SMILES string of the molecule is C=CCN(C)C(=O)N1C[C@H](OC(=O)N2Cc3ccccc3C2)CC1C(=O)OC. The number of rotatable bonds is 4. The van der Waals surface area contributed by atoms with Gasteiger partial charge in [0.05, 0.1) is 13.7 Å². The lowest BCUT2D eigenvalue weighted by Gasteiger charge is -2.27. The fourth-order valence-electron chi connectivity index (χ4n) is 3.62. The topological polar surface area (TPSA) is 79.4 Å². The van der Waals surface area contributed by atoms with Gasteiger partial charge in [-0.05, 0) is 11.1 Å². The van der Waals surface area contributed by atoms with E-state index in [1.165, 1.54) is 16.9 Å². The highest BCUT2D eigenvalue weighted by Crippen LogP contribution is 2.26. The molecule has 3 rings (SSSR count). The van der Waals surface area contributed by atoms with Crippen molar-refractivity contribution in [3.63, 3.8) is 0 Å². The molecule has 8 nitrogen and oxygen atoms in total. The molecule has 0 spiro atoms. The number of carbonyl (C=O) groups excluding carboxylic acids is 3. The molecule has 1 saturated heterocycles. The van der Waals surface area contributed by atoms with E-state index in [2.05, 4.69) is 6.58 Å². The van der Waals surface area contributed by atoms with E-state index >= 15 is 0 Å². The largest absolute Gasteiger partial charge is 0.467 e. The van der Waals surface area contributed by atoms with Crippen LogP contribution in [0.4, 0.5) is 9.59 Å². The summed E-state index contributed by atoms with van der Waals surface area (Å²) < 4.78 is 10.4. The number of carbonyl (C=O) groups is 3. The van der Waals surface area contributed by atoms with Gasteiger partial charge in [-0.25, -0.2) is 14.4 Å². The van der Waals surface area contributed by atoms with Crippen molar-refractivity contribution in [1.82, 2.24) is 14.7 Å². The number of likely N-dealkylation sites (tertiary alicyclic amines) is 1. The van der Waals surface area contributed by atoms with E-state index in [1.807, 2.05) is 24.3 Å². The van der Waals surface area contributed by atoms with Crippen molar-refractivity contribution in [2.75, 3.05) is 27.2 Å². The molecule has 1 unspecified atom stereocenters. The van der Waals surface area contributed by atoms with Gasteiger partial charge in [0.15, 0.2) is 0 Å². The number of esters is 1. The zero-order valence-electron chi connectivity index (χ0n) is 16.2. The highest BCUT2D eigenvalue weighted by molar-refractivity contribution is 5.84. The van der Waals surface area contributed by atoms with Crippen LogP contribution in [0.25, 0.3) is 0 Å². The highest BCUT2D eigenvalue weighted by atomic mass is 16.6. The average Bonchev–Trinajstić information content (AvgIpc) is 3.31. The van der Waals surface area contributed by atoms with Crippen LogP contribution in [-0.2, 0) is 27.4 Å². The van der Waals surface area contributed by atoms with E-state index < -0.39 is 24.2 Å². The molecule has 0 aliphatic carbocycles. The Balaban J connectivity index is 1.64. The molecular formula is C20H25N3O5. The van der Waals surface area contributed by atoms with Crippen LogP contribution in [0, 0.1) is 0 Å². The van der Waals surface area contributed by atoms with Crippen LogP contribution in [0.1, 0.15) is 17.5 Å². The summed E-state index contributed by atoms with van der Waals surface area (Å²) in [6, 6.07) is 6.74. The minimum atomic E-state index is -0.779. The standard InChI is InChI=1S/C20H25N3O5/c1-4-9-21(2)19(25)23-13-16(10-17(23)18(24)27-3)28-20(26)22-11-14-7-5-6-8-15(14)12-22/h4-8,16-17H,1,9-13H2,2-3H3/t16-,17?/m1/s1. The third-order valence-electron chi connectivity index (χ3n) is 5.08. The van der Waals surface area contributed by atoms with Gasteiger partial charge in [0.1, 0.15) is 12.1 Å². The molecular weight excluding hydrogens is 362 g/mol. The van der Waals surface area contributed by atoms with E-state index in [0.29, 0.717) is 19.6 Å². The Morgan fingerprint density at radius 1 is 1.25 bits per heavy atom. The van der Waals surface area contributed by atoms with Gasteiger partial charge in [0, 0.05) is 33.1 Å². The summed E-state index contributed by atoms with van der Waals surface area (Å²) in [6.07, 6.45) is 0.802. The predicted octanol–water partition coefficient (Wildman–Crippen LogP) is 1.99. The second-order valence-electron chi connectivity index (χ2n) is 7.01. The number of benzene rings is 1. The second kappa shape index (κ2) is 8.33. The molecule has 0 N–H and O–H groups in total. The molecule has 1 aromatic rings. The molecule has 1 aromatic carbocycles. The van der Waals surface area contributed by atoms with Crippen LogP contribution < -0.4 is 0 Å². The lowest BCUT2D eigenvalue weighted by atomic mass is 10.1. The fraction of sp³-hybridized carbons (Fsp3) is 0.450. The summed E-state index contributed by atoms with van der Waals surface area (Å²) in [5, 5.41) is 0. The van der Waals surface area contributed by atoms with E-state index in [9.17, 15) is 14.4 Å². The molecule has 2 aliphatic rings. The molecule has 150 valence electrons. The molecule has 8 heteroatoms. The van der Waals surface area contributed by atoms with Crippen LogP contribution >= 0.6 is 0 Å². The lowest BCUT2D eigenvalue weighted by molar-refractivity contribution is -0.145. The Morgan fingerprint density at radius 3 is 2.46 bits per heavy atom. The smallest absolute Gasteiger partial charge is 0.410 e. The van der Waals surface area contributed by atoms with Gasteiger partial charge in [0.2, 0.25) is 0 Å². The van der Waals surface area contributed by atoms with Gasteiger partial charge in [-0.1, -0.05) is 30.3 Å². The zero-order chi connectivity index (χ0) is 20.3. The minimum Gasteiger partial charge on any atom is -0.467 e. The van der Waals surface area contributed by atoms with Crippen LogP contribution in [0.3, 0.4) is 0 Å². The molecule has 1 fully saturated rings. The number of nitrogens with zero attached hydrogens (tertiary/aromatic N) is 3. The van der Waals surface area contributed by atoms with Gasteiger partial charge in [0.25, 0.3) is 0 Å². The molecule has 0 saturated carbocycles. The number of hydrogen-bond acceptors (Lipinski definition) is 5. The lowest BCUT2D eigenvalue weighted by Crippen LogP contribution is -2.47. The van der Waals surface area contributed by atoms with Crippen LogP contribution in [0.2, 0.25) is 0 Å². The minimum absolute atomic E-state index is 0.145. The first-order valence-corrected chi connectivity index (χ1v) is 9.17. The van der Waals surface area contributed by atoms with Crippen molar-refractivity contribution in [2.24, 2.45) is 0 Å². The zero-order valence-corrected chi connectivity index (χ0v) is 16.2. The van der Waals surface area contributed by atoms with Gasteiger partial charge >= 0.3 is 18.1 Å². The molecule has 2 heterocycles. The Labute approximate surface area is 164 Å². The van der Waals surface area contributed by atoms with Crippen LogP contribution in [-0.4, -0.2) is 72.2 Å². The maximum Gasteiger partial charge on any atom is 0.410 e. The summed E-state index contributed by atoms with van der Waals surface area (Å²) in [4.78, 5) is 41.8. The van der Waals surface area contributed by atoms with Gasteiger partial charge < -0.3 is 19.3 Å². The highest BCUT2D eigenvalue weighted by Gasteiger charge is 2.43. The number of methoxy groups -OCH3 is 1. The van der Waals surface area contributed by atoms with E-state index in [1.54, 1.807) is 18.0 Å². The maximum atomic E-state index is 12.6.